The molecule has 3 heterocycles. The summed E-state index contributed by atoms with van der Waals surface area (Å²) in [6, 6.07) is 5.82. The van der Waals surface area contributed by atoms with Crippen molar-refractivity contribution in [3.05, 3.63) is 23.8 Å². The predicted molar refractivity (Wildman–Crippen MR) is 107 cm³/mol. The van der Waals surface area contributed by atoms with E-state index in [1.807, 2.05) is 12.1 Å². The summed E-state index contributed by atoms with van der Waals surface area (Å²) >= 11 is 0. The Balaban J connectivity index is 1.45. The standard InChI is InChI=1S/C22H30N2O5/c1-2-27-22(26)18-6-3-4-11-24(18)21(25)15-23-10-5-7-17(23)16-8-9-19-20(14-16)29-13-12-28-19/h8-9,14,17-18H,2-7,10-13,15H2,1H3/t17-,18+/m0/s1. The lowest BCUT2D eigenvalue weighted by atomic mass is 10.0. The molecule has 0 N–H and O–H groups in total. The van der Waals surface area contributed by atoms with Crippen LogP contribution in [-0.4, -0.2) is 67.2 Å². The van der Waals surface area contributed by atoms with Crippen molar-refractivity contribution < 1.29 is 23.8 Å². The molecule has 4 rings (SSSR count). The third-order valence-electron chi connectivity index (χ3n) is 6.03. The molecule has 3 aliphatic rings. The van der Waals surface area contributed by atoms with Crippen molar-refractivity contribution in [1.29, 1.82) is 0 Å². The third-order valence-corrected chi connectivity index (χ3v) is 6.03. The molecule has 0 radical (unpaired) electrons. The van der Waals surface area contributed by atoms with E-state index in [1.54, 1.807) is 11.8 Å². The van der Waals surface area contributed by atoms with Gasteiger partial charge in [0.05, 0.1) is 13.2 Å². The number of carbonyl (C=O) groups is 2. The summed E-state index contributed by atoms with van der Waals surface area (Å²) in [7, 11) is 0. The van der Waals surface area contributed by atoms with Gasteiger partial charge in [-0.2, -0.15) is 0 Å². The Labute approximate surface area is 171 Å². The van der Waals surface area contributed by atoms with Crippen molar-refractivity contribution in [2.75, 3.05) is 39.5 Å². The van der Waals surface area contributed by atoms with E-state index in [0.29, 0.717) is 39.3 Å². The van der Waals surface area contributed by atoms with Crippen molar-refractivity contribution in [1.82, 2.24) is 9.80 Å². The van der Waals surface area contributed by atoms with Gasteiger partial charge in [0.25, 0.3) is 0 Å². The summed E-state index contributed by atoms with van der Waals surface area (Å²) < 4.78 is 16.6. The van der Waals surface area contributed by atoms with Crippen LogP contribution in [0.4, 0.5) is 0 Å². The SMILES string of the molecule is CCOC(=O)[C@H]1CCCCN1C(=O)CN1CCC[C@H]1c1ccc2c(c1)OCCO2. The van der Waals surface area contributed by atoms with Gasteiger partial charge < -0.3 is 19.1 Å². The zero-order valence-electron chi connectivity index (χ0n) is 17.1. The Morgan fingerprint density at radius 3 is 2.72 bits per heavy atom. The van der Waals surface area contributed by atoms with Crippen LogP contribution < -0.4 is 9.47 Å². The van der Waals surface area contributed by atoms with Gasteiger partial charge in [-0.3, -0.25) is 9.69 Å². The predicted octanol–water partition coefficient (Wildman–Crippen LogP) is 2.54. The first-order chi connectivity index (χ1) is 14.2. The van der Waals surface area contributed by atoms with Crippen LogP contribution in [0.3, 0.4) is 0 Å². The summed E-state index contributed by atoms with van der Waals surface area (Å²) in [5.74, 6) is 1.31. The van der Waals surface area contributed by atoms with E-state index in [0.717, 1.165) is 49.3 Å². The topological polar surface area (TPSA) is 68.3 Å². The van der Waals surface area contributed by atoms with Crippen LogP contribution in [0.2, 0.25) is 0 Å². The number of nitrogens with zero attached hydrogens (tertiary/aromatic N) is 2. The summed E-state index contributed by atoms with van der Waals surface area (Å²) in [5.41, 5.74) is 1.15. The molecule has 7 heteroatoms. The van der Waals surface area contributed by atoms with E-state index in [1.165, 1.54) is 0 Å². The largest absolute Gasteiger partial charge is 0.486 e. The van der Waals surface area contributed by atoms with E-state index >= 15 is 0 Å². The van der Waals surface area contributed by atoms with Gasteiger partial charge in [0, 0.05) is 12.6 Å². The maximum Gasteiger partial charge on any atom is 0.328 e. The lowest BCUT2D eigenvalue weighted by Crippen LogP contribution is -2.51. The second-order valence-corrected chi connectivity index (χ2v) is 7.88. The third kappa shape index (κ3) is 4.34. The molecule has 1 aromatic rings. The second kappa shape index (κ2) is 9.03. The molecular formula is C22H30N2O5. The minimum atomic E-state index is -0.438. The molecule has 3 aliphatic heterocycles. The molecular weight excluding hydrogens is 372 g/mol. The molecule has 2 fully saturated rings. The number of amides is 1. The van der Waals surface area contributed by atoms with Gasteiger partial charge in [0.2, 0.25) is 5.91 Å². The highest BCUT2D eigenvalue weighted by atomic mass is 16.6. The minimum absolute atomic E-state index is 0.0206. The Hall–Kier alpha value is -2.28. The van der Waals surface area contributed by atoms with Gasteiger partial charge in [-0.25, -0.2) is 4.79 Å². The maximum absolute atomic E-state index is 13.1. The quantitative estimate of drug-likeness (QED) is 0.705. The number of fused-ring (bicyclic) bond motifs is 1. The molecule has 2 atom stereocenters. The molecule has 0 aromatic heterocycles. The fraction of sp³-hybridized carbons (Fsp3) is 0.636. The first-order valence-electron chi connectivity index (χ1n) is 10.8. The second-order valence-electron chi connectivity index (χ2n) is 7.88. The van der Waals surface area contributed by atoms with Crippen LogP contribution in [0.25, 0.3) is 0 Å². The summed E-state index contributed by atoms with van der Waals surface area (Å²) in [4.78, 5) is 29.4. The Bertz CT molecular complexity index is 753. The van der Waals surface area contributed by atoms with E-state index in [-0.39, 0.29) is 17.9 Å². The van der Waals surface area contributed by atoms with Crippen LogP contribution in [0.5, 0.6) is 11.5 Å². The van der Waals surface area contributed by atoms with Gasteiger partial charge in [-0.05, 0) is 63.3 Å². The van der Waals surface area contributed by atoms with Crippen LogP contribution in [0.1, 0.15) is 50.6 Å². The number of piperidine rings is 1. The molecule has 0 spiro atoms. The fourth-order valence-electron chi connectivity index (χ4n) is 4.64. The van der Waals surface area contributed by atoms with E-state index in [9.17, 15) is 9.59 Å². The Morgan fingerprint density at radius 2 is 1.90 bits per heavy atom. The van der Waals surface area contributed by atoms with Crippen molar-refractivity contribution in [3.63, 3.8) is 0 Å². The molecule has 2 saturated heterocycles. The Morgan fingerprint density at radius 1 is 1.07 bits per heavy atom. The number of ether oxygens (including phenoxy) is 3. The van der Waals surface area contributed by atoms with Gasteiger partial charge in [0.1, 0.15) is 19.3 Å². The Kier molecular flexibility index (Phi) is 6.23. The van der Waals surface area contributed by atoms with E-state index in [2.05, 4.69) is 11.0 Å². The molecule has 0 bridgehead atoms. The maximum atomic E-state index is 13.1. The summed E-state index contributed by atoms with van der Waals surface area (Å²) in [5, 5.41) is 0. The lowest BCUT2D eigenvalue weighted by molar-refractivity contribution is -0.157. The van der Waals surface area contributed by atoms with Crippen LogP contribution in [-0.2, 0) is 14.3 Å². The number of hydrogen-bond donors (Lipinski definition) is 0. The number of carbonyl (C=O) groups excluding carboxylic acids is 2. The molecule has 158 valence electrons. The van der Waals surface area contributed by atoms with Gasteiger partial charge in [0.15, 0.2) is 11.5 Å². The molecule has 0 saturated carbocycles. The van der Waals surface area contributed by atoms with Crippen LogP contribution >= 0.6 is 0 Å². The number of likely N-dealkylation sites (tertiary alicyclic amines) is 2. The van der Waals surface area contributed by atoms with Crippen molar-refractivity contribution in [3.8, 4) is 11.5 Å². The number of hydrogen-bond acceptors (Lipinski definition) is 6. The molecule has 0 aliphatic carbocycles. The zero-order chi connectivity index (χ0) is 20.2. The highest BCUT2D eigenvalue weighted by Gasteiger charge is 2.36. The molecule has 1 amide bonds. The average molecular weight is 402 g/mol. The normalized spacial score (nSPS) is 24.4. The fourth-order valence-corrected chi connectivity index (χ4v) is 4.64. The molecule has 29 heavy (non-hydrogen) atoms. The van der Waals surface area contributed by atoms with Crippen LogP contribution in [0, 0.1) is 0 Å². The monoisotopic (exact) mass is 402 g/mol. The van der Waals surface area contributed by atoms with Crippen LogP contribution in [0.15, 0.2) is 18.2 Å². The van der Waals surface area contributed by atoms with Gasteiger partial charge in [-0.1, -0.05) is 6.07 Å². The van der Waals surface area contributed by atoms with E-state index in [4.69, 9.17) is 14.2 Å². The lowest BCUT2D eigenvalue weighted by Gasteiger charge is -2.36. The average Bonchev–Trinajstić information content (AvgIpc) is 3.21. The van der Waals surface area contributed by atoms with Gasteiger partial charge >= 0.3 is 5.97 Å². The highest BCUT2D eigenvalue weighted by molar-refractivity contribution is 5.86. The summed E-state index contributed by atoms with van der Waals surface area (Å²) in [6.45, 7) is 5.12. The van der Waals surface area contributed by atoms with Crippen molar-refractivity contribution in [2.24, 2.45) is 0 Å². The van der Waals surface area contributed by atoms with E-state index < -0.39 is 6.04 Å². The number of benzene rings is 1. The van der Waals surface area contributed by atoms with Crippen molar-refractivity contribution >= 4 is 11.9 Å². The minimum Gasteiger partial charge on any atom is -0.486 e. The first kappa shape index (κ1) is 20.0. The summed E-state index contributed by atoms with van der Waals surface area (Å²) in [6.07, 6.45) is 4.64. The van der Waals surface area contributed by atoms with Gasteiger partial charge in [-0.15, -0.1) is 0 Å². The molecule has 0 unspecified atom stereocenters. The smallest absolute Gasteiger partial charge is 0.328 e. The number of rotatable bonds is 5. The van der Waals surface area contributed by atoms with Crippen molar-refractivity contribution in [2.45, 2.75) is 51.1 Å². The molecule has 1 aromatic carbocycles. The number of esters is 1. The highest BCUT2D eigenvalue weighted by Crippen LogP contribution is 2.38. The zero-order valence-corrected chi connectivity index (χ0v) is 17.1. The molecule has 7 nitrogen and oxygen atoms in total. The first-order valence-corrected chi connectivity index (χ1v) is 10.8.